The smallest absolute Gasteiger partial charge is 0.410 e. The highest BCUT2D eigenvalue weighted by Crippen LogP contribution is 2.25. The van der Waals surface area contributed by atoms with Gasteiger partial charge >= 0.3 is 6.09 Å². The van der Waals surface area contributed by atoms with Crippen molar-refractivity contribution >= 4 is 6.09 Å². The van der Waals surface area contributed by atoms with Gasteiger partial charge in [0.25, 0.3) is 0 Å². The van der Waals surface area contributed by atoms with Crippen LogP contribution < -0.4 is 5.32 Å². The minimum atomic E-state index is -0.421. The molecule has 0 aromatic rings. The number of hydrogen-bond acceptors (Lipinski definition) is 3. The summed E-state index contributed by atoms with van der Waals surface area (Å²) in [4.78, 5) is 13.5. The molecule has 124 valence electrons. The van der Waals surface area contributed by atoms with Crippen molar-refractivity contribution in [2.75, 3.05) is 20.1 Å². The molecule has 1 aliphatic carbocycles. The Morgan fingerprint density at radius 2 is 1.95 bits per heavy atom. The lowest BCUT2D eigenvalue weighted by atomic mass is 9.98. The largest absolute Gasteiger partial charge is 0.444 e. The molecule has 1 amide bonds. The maximum atomic E-state index is 11.9. The lowest BCUT2D eigenvalue weighted by Gasteiger charge is -2.25. The molecular weight excluding hydrogens is 264 g/mol. The molecule has 1 saturated carbocycles. The molecule has 1 N–H and O–H groups in total. The second-order valence-electron chi connectivity index (χ2n) is 7.34. The molecule has 4 heteroatoms. The first-order valence-electron chi connectivity index (χ1n) is 8.49. The molecule has 4 nitrogen and oxygen atoms in total. The van der Waals surface area contributed by atoms with Crippen LogP contribution in [0.1, 0.15) is 66.2 Å². The van der Waals surface area contributed by atoms with Gasteiger partial charge in [-0.1, -0.05) is 26.2 Å². The summed E-state index contributed by atoms with van der Waals surface area (Å²) in [7, 11) is 1.80. The standard InChI is InChI=1S/C17H34N2O2/c1-6-14-8-7-9-15(11-10-14)18-12-13-19(5)16(20)21-17(2,3)4/h14-15,18H,6-13H2,1-5H3. The molecule has 0 saturated heterocycles. The molecule has 0 spiro atoms. The fourth-order valence-electron chi connectivity index (χ4n) is 2.86. The number of likely N-dealkylation sites (N-methyl/N-ethyl adjacent to an activating group) is 1. The van der Waals surface area contributed by atoms with E-state index >= 15 is 0 Å². The van der Waals surface area contributed by atoms with Crippen LogP contribution in [0.5, 0.6) is 0 Å². The minimum absolute atomic E-state index is 0.240. The highest BCUT2D eigenvalue weighted by Gasteiger charge is 2.20. The Bertz CT molecular complexity index is 312. The van der Waals surface area contributed by atoms with Gasteiger partial charge in [0.15, 0.2) is 0 Å². The number of carbonyl (C=O) groups is 1. The van der Waals surface area contributed by atoms with Crippen LogP contribution in [0.3, 0.4) is 0 Å². The van der Waals surface area contributed by atoms with E-state index < -0.39 is 5.60 Å². The maximum Gasteiger partial charge on any atom is 0.410 e. The van der Waals surface area contributed by atoms with Gasteiger partial charge in [-0.05, 0) is 46.0 Å². The highest BCUT2D eigenvalue weighted by atomic mass is 16.6. The van der Waals surface area contributed by atoms with Crippen LogP contribution in [0.4, 0.5) is 4.79 Å². The Labute approximate surface area is 130 Å². The van der Waals surface area contributed by atoms with Crippen molar-refractivity contribution in [3.63, 3.8) is 0 Å². The Balaban J connectivity index is 2.22. The summed E-state index contributed by atoms with van der Waals surface area (Å²) in [6, 6.07) is 0.619. The summed E-state index contributed by atoms with van der Waals surface area (Å²) in [5.41, 5.74) is -0.421. The normalized spacial score (nSPS) is 23.5. The zero-order valence-electron chi connectivity index (χ0n) is 14.6. The fourth-order valence-corrected chi connectivity index (χ4v) is 2.86. The van der Waals surface area contributed by atoms with E-state index in [-0.39, 0.29) is 6.09 Å². The predicted octanol–water partition coefficient (Wildman–Crippen LogP) is 3.80. The number of nitrogens with zero attached hydrogens (tertiary/aromatic N) is 1. The molecule has 0 aromatic carbocycles. The number of amides is 1. The Morgan fingerprint density at radius 1 is 1.24 bits per heavy atom. The zero-order chi connectivity index (χ0) is 15.9. The molecule has 0 heterocycles. The van der Waals surface area contributed by atoms with Gasteiger partial charge < -0.3 is 15.0 Å². The summed E-state index contributed by atoms with van der Waals surface area (Å²) >= 11 is 0. The Hall–Kier alpha value is -0.770. The molecule has 2 atom stereocenters. The van der Waals surface area contributed by atoms with E-state index in [9.17, 15) is 4.79 Å². The summed E-state index contributed by atoms with van der Waals surface area (Å²) in [6.45, 7) is 9.53. The number of nitrogens with one attached hydrogen (secondary N) is 1. The monoisotopic (exact) mass is 298 g/mol. The third-order valence-corrected chi connectivity index (χ3v) is 4.25. The van der Waals surface area contributed by atoms with E-state index in [4.69, 9.17) is 4.74 Å². The first-order valence-corrected chi connectivity index (χ1v) is 8.49. The van der Waals surface area contributed by atoms with Crippen LogP contribution in [-0.2, 0) is 4.74 Å². The second-order valence-corrected chi connectivity index (χ2v) is 7.34. The van der Waals surface area contributed by atoms with Gasteiger partial charge in [0.1, 0.15) is 5.60 Å². The molecule has 0 aliphatic heterocycles. The predicted molar refractivity (Wildman–Crippen MR) is 87.5 cm³/mol. The average Bonchev–Trinajstić information content (AvgIpc) is 2.61. The van der Waals surface area contributed by atoms with Crippen molar-refractivity contribution < 1.29 is 9.53 Å². The summed E-state index contributed by atoms with van der Waals surface area (Å²) in [5.74, 6) is 0.918. The molecule has 1 rings (SSSR count). The molecule has 1 aliphatic rings. The van der Waals surface area contributed by atoms with E-state index in [1.54, 1.807) is 11.9 Å². The van der Waals surface area contributed by atoms with Gasteiger partial charge in [-0.2, -0.15) is 0 Å². The van der Waals surface area contributed by atoms with Gasteiger partial charge in [-0.25, -0.2) is 4.79 Å². The van der Waals surface area contributed by atoms with Gasteiger partial charge in [0.2, 0.25) is 0 Å². The zero-order valence-corrected chi connectivity index (χ0v) is 14.6. The van der Waals surface area contributed by atoms with E-state index in [1.165, 1.54) is 38.5 Å². The fraction of sp³-hybridized carbons (Fsp3) is 0.941. The van der Waals surface area contributed by atoms with Gasteiger partial charge in [-0.15, -0.1) is 0 Å². The van der Waals surface area contributed by atoms with Crippen LogP contribution in [0.2, 0.25) is 0 Å². The van der Waals surface area contributed by atoms with Crippen LogP contribution in [0.15, 0.2) is 0 Å². The number of ether oxygens (including phenoxy) is 1. The number of carbonyl (C=O) groups excluding carboxylic acids is 1. The van der Waals surface area contributed by atoms with Crippen molar-refractivity contribution in [2.24, 2.45) is 5.92 Å². The first kappa shape index (κ1) is 18.3. The summed E-state index contributed by atoms with van der Waals surface area (Å²) in [6.07, 6.45) is 7.67. The molecule has 1 fully saturated rings. The van der Waals surface area contributed by atoms with Gasteiger partial charge in [0, 0.05) is 26.2 Å². The first-order chi connectivity index (χ1) is 9.81. The number of hydrogen-bond donors (Lipinski definition) is 1. The summed E-state index contributed by atoms with van der Waals surface area (Å²) < 4.78 is 5.35. The third-order valence-electron chi connectivity index (χ3n) is 4.25. The SMILES string of the molecule is CCC1CCCC(NCCN(C)C(=O)OC(C)(C)C)CC1. The van der Waals surface area contributed by atoms with Crippen LogP contribution in [0, 0.1) is 5.92 Å². The van der Waals surface area contributed by atoms with Gasteiger partial charge in [0.05, 0.1) is 0 Å². The quantitative estimate of drug-likeness (QED) is 0.785. The molecule has 0 aromatic heterocycles. The van der Waals surface area contributed by atoms with E-state index in [0.29, 0.717) is 12.6 Å². The second kappa shape index (κ2) is 8.62. The van der Waals surface area contributed by atoms with Crippen LogP contribution in [-0.4, -0.2) is 42.8 Å². The lowest BCUT2D eigenvalue weighted by Crippen LogP contribution is -2.40. The van der Waals surface area contributed by atoms with Crippen molar-refractivity contribution in [1.82, 2.24) is 10.2 Å². The lowest BCUT2D eigenvalue weighted by molar-refractivity contribution is 0.0299. The summed E-state index contributed by atoms with van der Waals surface area (Å²) in [5, 5.41) is 3.61. The van der Waals surface area contributed by atoms with Crippen LogP contribution >= 0.6 is 0 Å². The molecule has 0 radical (unpaired) electrons. The molecule has 0 bridgehead atoms. The van der Waals surface area contributed by atoms with Gasteiger partial charge in [-0.3, -0.25) is 0 Å². The highest BCUT2D eigenvalue weighted by molar-refractivity contribution is 5.67. The van der Waals surface area contributed by atoms with E-state index in [0.717, 1.165) is 12.5 Å². The average molecular weight is 298 g/mol. The van der Waals surface area contributed by atoms with Crippen LogP contribution in [0.25, 0.3) is 0 Å². The maximum absolute atomic E-state index is 11.9. The third kappa shape index (κ3) is 7.70. The number of rotatable bonds is 5. The molecular formula is C17H34N2O2. The topological polar surface area (TPSA) is 41.6 Å². The Morgan fingerprint density at radius 3 is 2.57 bits per heavy atom. The minimum Gasteiger partial charge on any atom is -0.444 e. The van der Waals surface area contributed by atoms with Crippen molar-refractivity contribution in [3.8, 4) is 0 Å². The Kier molecular flexibility index (Phi) is 7.50. The molecule has 2 unspecified atom stereocenters. The van der Waals surface area contributed by atoms with Crippen molar-refractivity contribution in [3.05, 3.63) is 0 Å². The molecule has 21 heavy (non-hydrogen) atoms. The van der Waals surface area contributed by atoms with Crippen molar-refractivity contribution in [1.29, 1.82) is 0 Å². The van der Waals surface area contributed by atoms with E-state index in [1.807, 2.05) is 20.8 Å². The van der Waals surface area contributed by atoms with Crippen molar-refractivity contribution in [2.45, 2.75) is 77.9 Å². The van der Waals surface area contributed by atoms with E-state index in [2.05, 4.69) is 12.2 Å².